The first-order valence-corrected chi connectivity index (χ1v) is 9.25. The molecule has 4 rings (SSSR count). The number of aromatic nitrogens is 5. The molecule has 0 atom stereocenters. The zero-order chi connectivity index (χ0) is 20.8. The molecular weight excluding hydrogens is 369 g/mol. The molecule has 0 amide bonds. The molecule has 1 aromatic carbocycles. The van der Waals surface area contributed by atoms with E-state index >= 15 is 0 Å². The molecule has 0 saturated carbocycles. The molecule has 3 N–H and O–H groups in total. The lowest BCUT2D eigenvalue weighted by Crippen LogP contribution is -2.28. The lowest BCUT2D eigenvalue weighted by Gasteiger charge is -2.23. The van der Waals surface area contributed by atoms with Gasteiger partial charge in [-0.25, -0.2) is 9.37 Å². The quantitative estimate of drug-likeness (QED) is 0.546. The summed E-state index contributed by atoms with van der Waals surface area (Å²) < 4.78 is 15.2. The summed E-state index contributed by atoms with van der Waals surface area (Å²) >= 11 is 0. The molecule has 0 aliphatic heterocycles. The maximum absolute atomic E-state index is 13.6. The molecule has 3 aromatic heterocycles. The molecule has 7 nitrogen and oxygen atoms in total. The first kappa shape index (κ1) is 18.8. The van der Waals surface area contributed by atoms with Crippen LogP contribution in [-0.2, 0) is 0 Å². The third-order valence-electron chi connectivity index (χ3n) is 4.29. The molecule has 0 radical (unpaired) electrons. The predicted octanol–water partition coefficient (Wildman–Crippen LogP) is 4.09. The van der Waals surface area contributed by atoms with Gasteiger partial charge in [0.2, 0.25) is 11.9 Å². The van der Waals surface area contributed by atoms with E-state index in [1.165, 1.54) is 12.1 Å². The van der Waals surface area contributed by atoms with E-state index in [4.69, 9.17) is 10.7 Å². The van der Waals surface area contributed by atoms with Crippen LogP contribution in [0.5, 0.6) is 0 Å². The van der Waals surface area contributed by atoms with E-state index < -0.39 is 0 Å². The van der Waals surface area contributed by atoms with Crippen LogP contribution >= 0.6 is 0 Å². The molecule has 8 heteroatoms. The highest BCUT2D eigenvalue weighted by molar-refractivity contribution is 5.91. The van der Waals surface area contributed by atoms with Crippen LogP contribution in [-0.4, -0.2) is 30.1 Å². The molecule has 148 valence electrons. The minimum absolute atomic E-state index is 0.145. The number of nitrogen functional groups attached to an aromatic ring is 1. The summed E-state index contributed by atoms with van der Waals surface area (Å²) in [5.74, 6) is 0.341. The van der Waals surface area contributed by atoms with Crippen LogP contribution in [0.25, 0.3) is 28.0 Å². The Balaban J connectivity index is 2.09. The number of hydrogen-bond donors (Lipinski definition) is 2. The Morgan fingerprint density at radius 3 is 2.41 bits per heavy atom. The fourth-order valence-corrected chi connectivity index (χ4v) is 3.15. The molecule has 4 aromatic rings. The van der Waals surface area contributed by atoms with E-state index in [0.29, 0.717) is 17.3 Å². The van der Waals surface area contributed by atoms with Crippen LogP contribution in [0.1, 0.15) is 26.5 Å². The van der Waals surface area contributed by atoms with Gasteiger partial charge in [-0.2, -0.15) is 9.50 Å². The van der Waals surface area contributed by atoms with Crippen molar-refractivity contribution in [3.8, 4) is 22.4 Å². The molecule has 0 spiro atoms. The van der Waals surface area contributed by atoms with Crippen molar-refractivity contribution in [1.82, 2.24) is 24.6 Å². The van der Waals surface area contributed by atoms with Gasteiger partial charge in [0.1, 0.15) is 5.82 Å². The summed E-state index contributed by atoms with van der Waals surface area (Å²) in [7, 11) is 0. The summed E-state index contributed by atoms with van der Waals surface area (Å²) in [6, 6.07) is 10.1. The average Bonchev–Trinajstić information content (AvgIpc) is 3.02. The first-order chi connectivity index (χ1) is 13.7. The summed E-state index contributed by atoms with van der Waals surface area (Å²) in [6.45, 7) is 7.99. The second-order valence-corrected chi connectivity index (χ2v) is 7.93. The number of hydrogen-bond acceptors (Lipinski definition) is 6. The monoisotopic (exact) mass is 391 g/mol. The van der Waals surface area contributed by atoms with Crippen molar-refractivity contribution in [2.75, 3.05) is 11.1 Å². The SMILES string of the molecule is Cc1cc(-c2c(-c3ccc(F)cc3)nc(NC(C)(C)C)n3nc(N)nc23)ccn1. The number of rotatable bonds is 3. The van der Waals surface area contributed by atoms with Gasteiger partial charge in [0.05, 0.1) is 11.3 Å². The Hall–Kier alpha value is -3.55. The number of nitrogens with two attached hydrogens (primary N) is 1. The van der Waals surface area contributed by atoms with E-state index in [9.17, 15) is 4.39 Å². The average molecular weight is 391 g/mol. The van der Waals surface area contributed by atoms with Crippen molar-refractivity contribution in [3.05, 3.63) is 54.1 Å². The van der Waals surface area contributed by atoms with Crippen molar-refractivity contribution in [2.45, 2.75) is 33.2 Å². The van der Waals surface area contributed by atoms with Crippen LogP contribution < -0.4 is 11.1 Å². The summed E-state index contributed by atoms with van der Waals surface area (Å²) in [6.07, 6.45) is 1.73. The Morgan fingerprint density at radius 2 is 1.76 bits per heavy atom. The zero-order valence-electron chi connectivity index (χ0n) is 16.7. The largest absolute Gasteiger partial charge is 0.366 e. The van der Waals surface area contributed by atoms with Crippen molar-refractivity contribution in [3.63, 3.8) is 0 Å². The third-order valence-corrected chi connectivity index (χ3v) is 4.29. The van der Waals surface area contributed by atoms with Crippen molar-refractivity contribution in [2.24, 2.45) is 0 Å². The van der Waals surface area contributed by atoms with Gasteiger partial charge in [0.15, 0.2) is 5.65 Å². The van der Waals surface area contributed by atoms with Crippen molar-refractivity contribution < 1.29 is 4.39 Å². The van der Waals surface area contributed by atoms with Gasteiger partial charge in [-0.1, -0.05) is 0 Å². The van der Waals surface area contributed by atoms with Gasteiger partial charge >= 0.3 is 0 Å². The number of fused-ring (bicyclic) bond motifs is 1. The van der Waals surface area contributed by atoms with E-state index in [1.807, 2.05) is 39.8 Å². The van der Waals surface area contributed by atoms with Crippen LogP contribution in [0.2, 0.25) is 0 Å². The Morgan fingerprint density at radius 1 is 1.03 bits per heavy atom. The normalized spacial score (nSPS) is 11.8. The van der Waals surface area contributed by atoms with Gasteiger partial charge < -0.3 is 11.1 Å². The third kappa shape index (κ3) is 3.73. The van der Waals surface area contributed by atoms with E-state index in [0.717, 1.165) is 22.4 Å². The standard InChI is InChI=1S/C21H22FN7/c1-12-11-14(9-10-24-12)16-17(13-5-7-15(22)8-6-13)25-20(27-21(2,3)4)29-18(16)26-19(23)28-29/h5-11H,1-4H3,(H2,23,28)(H,25,27). The molecule has 3 heterocycles. The van der Waals surface area contributed by atoms with Gasteiger partial charge in [0, 0.05) is 23.0 Å². The molecule has 0 bridgehead atoms. The number of nitrogens with zero attached hydrogens (tertiary/aromatic N) is 5. The number of halogens is 1. The van der Waals surface area contributed by atoms with Crippen LogP contribution in [0, 0.1) is 12.7 Å². The number of pyridine rings is 1. The molecule has 0 unspecified atom stereocenters. The minimum Gasteiger partial charge on any atom is -0.366 e. The molecule has 29 heavy (non-hydrogen) atoms. The maximum atomic E-state index is 13.6. The van der Waals surface area contributed by atoms with Crippen LogP contribution in [0.4, 0.5) is 16.3 Å². The predicted molar refractivity (Wildman–Crippen MR) is 112 cm³/mol. The summed E-state index contributed by atoms with van der Waals surface area (Å²) in [5, 5.41) is 7.69. The Labute approximate surface area is 167 Å². The number of anilines is 2. The molecule has 0 saturated heterocycles. The second kappa shape index (κ2) is 6.80. The lowest BCUT2D eigenvalue weighted by atomic mass is 10.00. The summed E-state index contributed by atoms with van der Waals surface area (Å²) in [5.41, 5.74) is 10.2. The fraction of sp³-hybridized carbons (Fsp3) is 0.238. The maximum Gasteiger partial charge on any atom is 0.240 e. The van der Waals surface area contributed by atoms with Crippen molar-refractivity contribution >= 4 is 17.5 Å². The smallest absolute Gasteiger partial charge is 0.240 e. The molecular formula is C21H22FN7. The fourth-order valence-electron chi connectivity index (χ4n) is 3.15. The van der Waals surface area contributed by atoms with Gasteiger partial charge in [0.25, 0.3) is 0 Å². The highest BCUT2D eigenvalue weighted by atomic mass is 19.1. The second-order valence-electron chi connectivity index (χ2n) is 7.93. The number of nitrogens with one attached hydrogen (secondary N) is 1. The Bertz CT molecular complexity index is 1190. The highest BCUT2D eigenvalue weighted by Gasteiger charge is 2.22. The first-order valence-electron chi connectivity index (χ1n) is 9.25. The van der Waals surface area contributed by atoms with Gasteiger partial charge in [-0.15, -0.1) is 5.10 Å². The van der Waals surface area contributed by atoms with E-state index in [-0.39, 0.29) is 17.3 Å². The van der Waals surface area contributed by atoms with Gasteiger partial charge in [-0.05, 0) is 69.7 Å². The van der Waals surface area contributed by atoms with Crippen LogP contribution in [0.15, 0.2) is 42.6 Å². The molecule has 0 fully saturated rings. The van der Waals surface area contributed by atoms with Gasteiger partial charge in [-0.3, -0.25) is 4.98 Å². The topological polar surface area (TPSA) is 94.0 Å². The van der Waals surface area contributed by atoms with Crippen molar-refractivity contribution in [1.29, 1.82) is 0 Å². The lowest BCUT2D eigenvalue weighted by molar-refractivity contribution is 0.621. The van der Waals surface area contributed by atoms with E-state index in [1.54, 1.807) is 22.8 Å². The number of benzene rings is 1. The molecule has 0 aliphatic rings. The Kier molecular flexibility index (Phi) is 4.41. The van der Waals surface area contributed by atoms with E-state index in [2.05, 4.69) is 20.4 Å². The number of aryl methyl sites for hydroxylation is 1. The summed E-state index contributed by atoms with van der Waals surface area (Å²) in [4.78, 5) is 13.6. The van der Waals surface area contributed by atoms with Crippen LogP contribution in [0.3, 0.4) is 0 Å². The zero-order valence-corrected chi connectivity index (χ0v) is 16.7. The minimum atomic E-state index is -0.309. The molecule has 0 aliphatic carbocycles. The highest BCUT2D eigenvalue weighted by Crippen LogP contribution is 2.36.